The molecule has 0 aromatic heterocycles. The van der Waals surface area contributed by atoms with Crippen molar-refractivity contribution in [3.8, 4) is 5.75 Å². The molecule has 0 spiro atoms. The molecule has 1 fully saturated rings. The van der Waals surface area contributed by atoms with E-state index < -0.39 is 5.25 Å². The van der Waals surface area contributed by atoms with Crippen LogP contribution in [0.25, 0.3) is 0 Å². The highest BCUT2D eigenvalue weighted by molar-refractivity contribution is 8.15. The Morgan fingerprint density at radius 2 is 1.85 bits per heavy atom. The van der Waals surface area contributed by atoms with Crippen LogP contribution in [-0.2, 0) is 9.59 Å². The van der Waals surface area contributed by atoms with Crippen molar-refractivity contribution in [1.82, 2.24) is 0 Å². The molecule has 34 heavy (non-hydrogen) atoms. The van der Waals surface area contributed by atoms with Gasteiger partial charge in [0.25, 0.3) is 0 Å². The van der Waals surface area contributed by atoms with E-state index in [9.17, 15) is 9.59 Å². The minimum atomic E-state index is -0.567. The Balaban J connectivity index is 1.62. The van der Waals surface area contributed by atoms with Gasteiger partial charge in [0.15, 0.2) is 5.17 Å². The maximum atomic E-state index is 13.1. The van der Waals surface area contributed by atoms with Gasteiger partial charge >= 0.3 is 0 Å². The number of thioether (sulfide) groups is 1. The normalized spacial score (nSPS) is 16.3. The van der Waals surface area contributed by atoms with Gasteiger partial charge in [0, 0.05) is 18.7 Å². The van der Waals surface area contributed by atoms with Crippen molar-refractivity contribution in [2.45, 2.75) is 51.2 Å². The summed E-state index contributed by atoms with van der Waals surface area (Å²) < 4.78 is 5.76. The number of hydrogen-bond acceptors (Lipinski definition) is 5. The average Bonchev–Trinajstić information content (AvgIpc) is 3.09. The lowest BCUT2D eigenvalue weighted by molar-refractivity contribution is -0.121. The van der Waals surface area contributed by atoms with Gasteiger partial charge in [0.2, 0.25) is 11.8 Å². The quantitative estimate of drug-likeness (QED) is 0.161. The lowest BCUT2D eigenvalue weighted by atomic mass is 10.2. The summed E-state index contributed by atoms with van der Waals surface area (Å²) in [6.07, 6.45) is 4.64. The van der Waals surface area contributed by atoms with E-state index >= 15 is 0 Å². The second kappa shape index (κ2) is 13.0. The predicted molar refractivity (Wildman–Crippen MR) is 143 cm³/mol. The zero-order chi connectivity index (χ0) is 24.5. The highest BCUT2D eigenvalue weighted by Crippen LogP contribution is 2.32. The summed E-state index contributed by atoms with van der Waals surface area (Å²) in [4.78, 5) is 31.5. The van der Waals surface area contributed by atoms with Gasteiger partial charge in [0.05, 0.1) is 22.3 Å². The van der Waals surface area contributed by atoms with Crippen LogP contribution in [0.1, 0.15) is 46.0 Å². The third kappa shape index (κ3) is 7.14. The molecule has 1 N–H and O–H groups in total. The first-order valence-corrected chi connectivity index (χ1v) is 13.1. The summed E-state index contributed by atoms with van der Waals surface area (Å²) in [6.45, 7) is 5.26. The minimum absolute atomic E-state index is 0.102. The van der Waals surface area contributed by atoms with Crippen LogP contribution in [0.3, 0.4) is 0 Å². The first-order valence-electron chi connectivity index (χ1n) is 11.5. The van der Waals surface area contributed by atoms with Gasteiger partial charge in [-0.05, 0) is 55.8 Å². The van der Waals surface area contributed by atoms with Crippen molar-refractivity contribution >= 4 is 63.3 Å². The van der Waals surface area contributed by atoms with Crippen LogP contribution in [0.4, 0.5) is 11.4 Å². The monoisotopic (exact) mass is 521 g/mol. The molecule has 1 heterocycles. The van der Waals surface area contributed by atoms with Gasteiger partial charge in [-0.3, -0.25) is 14.6 Å². The van der Waals surface area contributed by atoms with E-state index in [0.717, 1.165) is 18.6 Å². The van der Waals surface area contributed by atoms with E-state index in [4.69, 9.17) is 27.9 Å². The summed E-state index contributed by atoms with van der Waals surface area (Å²) in [5.74, 6) is 0.234. The van der Waals surface area contributed by atoms with Crippen molar-refractivity contribution in [2.24, 2.45) is 4.99 Å². The van der Waals surface area contributed by atoms with Gasteiger partial charge in [-0.2, -0.15) is 0 Å². The third-order valence-corrected chi connectivity index (χ3v) is 7.04. The van der Waals surface area contributed by atoms with Gasteiger partial charge in [-0.1, -0.05) is 61.1 Å². The average molecular weight is 522 g/mol. The SMILES string of the molecule is CCCCCCOc1ccc(N2C(=O)C[C@@H](SC(=NCC)Nc3ccc(Cl)c(Cl)c3)C2=O)cc1. The van der Waals surface area contributed by atoms with Gasteiger partial charge in [-0.15, -0.1) is 0 Å². The fraction of sp³-hybridized carbons (Fsp3) is 0.400. The number of anilines is 2. The molecule has 182 valence electrons. The van der Waals surface area contributed by atoms with Crippen molar-refractivity contribution in [1.29, 1.82) is 0 Å². The molecule has 2 aromatic carbocycles. The molecule has 2 aromatic rings. The first kappa shape index (κ1) is 26.4. The molecule has 1 atom stereocenters. The molecule has 1 aliphatic heterocycles. The number of halogens is 2. The van der Waals surface area contributed by atoms with Crippen molar-refractivity contribution in [2.75, 3.05) is 23.4 Å². The molecule has 0 radical (unpaired) electrons. The molecule has 0 saturated carbocycles. The largest absolute Gasteiger partial charge is 0.494 e. The van der Waals surface area contributed by atoms with Crippen molar-refractivity contribution in [3.05, 3.63) is 52.5 Å². The highest BCUT2D eigenvalue weighted by Gasteiger charge is 2.40. The molecule has 1 saturated heterocycles. The number of amides is 2. The van der Waals surface area contributed by atoms with Crippen LogP contribution in [0.2, 0.25) is 10.0 Å². The number of hydrogen-bond donors (Lipinski definition) is 1. The number of rotatable bonds is 10. The third-order valence-electron chi connectivity index (χ3n) is 5.19. The number of carbonyl (C=O) groups excluding carboxylic acids is 2. The Morgan fingerprint density at radius 3 is 2.53 bits per heavy atom. The Labute approximate surface area is 215 Å². The number of nitrogens with zero attached hydrogens (tertiary/aromatic N) is 2. The Kier molecular flexibility index (Phi) is 10.1. The lowest BCUT2D eigenvalue weighted by Gasteiger charge is -2.16. The standard InChI is InChI=1S/C25H29Cl2N3O3S/c1-3-5-6-7-14-33-19-11-9-18(10-12-19)30-23(31)16-22(24(30)32)34-25(28-4-2)29-17-8-13-20(26)21(27)15-17/h8-13,15,22H,3-7,14,16H2,1-2H3,(H,28,29)/t22-/m1/s1. The van der Waals surface area contributed by atoms with Gasteiger partial charge < -0.3 is 10.1 Å². The molecule has 0 unspecified atom stereocenters. The summed E-state index contributed by atoms with van der Waals surface area (Å²) in [5, 5.41) is 4.02. The zero-order valence-electron chi connectivity index (χ0n) is 19.4. The molecular formula is C25H29Cl2N3O3S. The number of amidine groups is 1. The number of nitrogens with one attached hydrogen (secondary N) is 1. The van der Waals surface area contributed by atoms with Crippen LogP contribution < -0.4 is 15.0 Å². The van der Waals surface area contributed by atoms with Crippen LogP contribution in [0.15, 0.2) is 47.5 Å². The number of aliphatic imine (C=N–C) groups is 1. The van der Waals surface area contributed by atoms with E-state index in [2.05, 4.69) is 17.2 Å². The van der Waals surface area contributed by atoms with Crippen LogP contribution in [-0.4, -0.2) is 35.4 Å². The summed E-state index contributed by atoms with van der Waals surface area (Å²) in [6, 6.07) is 12.2. The van der Waals surface area contributed by atoms with Gasteiger partial charge in [0.1, 0.15) is 11.0 Å². The van der Waals surface area contributed by atoms with E-state index in [-0.39, 0.29) is 18.2 Å². The molecule has 6 nitrogen and oxygen atoms in total. The molecule has 0 bridgehead atoms. The molecule has 2 amide bonds. The Morgan fingerprint density at radius 1 is 1.09 bits per heavy atom. The fourth-order valence-electron chi connectivity index (χ4n) is 3.46. The molecule has 3 rings (SSSR count). The van der Waals surface area contributed by atoms with Crippen LogP contribution in [0, 0.1) is 0 Å². The maximum Gasteiger partial charge on any atom is 0.247 e. The number of carbonyl (C=O) groups is 2. The Bertz CT molecular complexity index is 1030. The van der Waals surface area contributed by atoms with E-state index in [1.807, 2.05) is 6.92 Å². The number of benzene rings is 2. The Hall–Kier alpha value is -2.22. The first-order chi connectivity index (χ1) is 16.4. The summed E-state index contributed by atoms with van der Waals surface area (Å²) >= 11 is 13.3. The second-order valence-electron chi connectivity index (χ2n) is 7.81. The predicted octanol–water partition coefficient (Wildman–Crippen LogP) is 6.81. The smallest absolute Gasteiger partial charge is 0.247 e. The van der Waals surface area contributed by atoms with Crippen LogP contribution in [0.5, 0.6) is 5.75 Å². The molecular weight excluding hydrogens is 493 g/mol. The lowest BCUT2D eigenvalue weighted by Crippen LogP contribution is -2.31. The summed E-state index contributed by atoms with van der Waals surface area (Å²) in [5.41, 5.74) is 1.25. The number of ether oxygens (including phenoxy) is 1. The molecule has 0 aliphatic carbocycles. The van der Waals surface area contributed by atoms with E-state index in [1.54, 1.807) is 42.5 Å². The van der Waals surface area contributed by atoms with Gasteiger partial charge in [-0.25, -0.2) is 4.90 Å². The zero-order valence-corrected chi connectivity index (χ0v) is 21.7. The van der Waals surface area contributed by atoms with Crippen molar-refractivity contribution < 1.29 is 14.3 Å². The summed E-state index contributed by atoms with van der Waals surface area (Å²) in [7, 11) is 0. The molecule has 9 heteroatoms. The van der Waals surface area contributed by atoms with E-state index in [0.29, 0.717) is 39.7 Å². The topological polar surface area (TPSA) is 71.0 Å². The fourth-order valence-corrected chi connectivity index (χ4v) is 4.84. The maximum absolute atomic E-state index is 13.1. The second-order valence-corrected chi connectivity index (χ2v) is 9.82. The number of unbranched alkanes of at least 4 members (excludes halogenated alkanes) is 3. The minimum Gasteiger partial charge on any atom is -0.494 e. The number of imide groups is 1. The van der Waals surface area contributed by atoms with Crippen molar-refractivity contribution in [3.63, 3.8) is 0 Å². The highest BCUT2D eigenvalue weighted by atomic mass is 35.5. The molecule has 1 aliphatic rings. The van der Waals surface area contributed by atoms with E-state index in [1.165, 1.54) is 29.5 Å². The van der Waals surface area contributed by atoms with Crippen LogP contribution >= 0.6 is 35.0 Å².